The van der Waals surface area contributed by atoms with Crippen LogP contribution in [0.5, 0.6) is 0 Å². The van der Waals surface area contributed by atoms with Crippen molar-refractivity contribution in [1.82, 2.24) is 14.5 Å². The summed E-state index contributed by atoms with van der Waals surface area (Å²) in [7, 11) is 0. The second-order valence-electron chi connectivity index (χ2n) is 5.68. The van der Waals surface area contributed by atoms with Crippen LogP contribution in [0.15, 0.2) is 12.4 Å². The van der Waals surface area contributed by atoms with Gasteiger partial charge in [0.2, 0.25) is 5.91 Å². The Labute approximate surface area is 113 Å². The van der Waals surface area contributed by atoms with Gasteiger partial charge in [-0.15, -0.1) is 0 Å². The molecule has 104 valence electrons. The van der Waals surface area contributed by atoms with Gasteiger partial charge in [-0.1, -0.05) is 12.8 Å². The Morgan fingerprint density at radius 1 is 1.37 bits per heavy atom. The van der Waals surface area contributed by atoms with Gasteiger partial charge in [-0.3, -0.25) is 4.79 Å². The Bertz CT molecular complexity index is 456. The van der Waals surface area contributed by atoms with Crippen LogP contribution in [0.2, 0.25) is 0 Å². The fourth-order valence-electron chi connectivity index (χ4n) is 3.41. The van der Waals surface area contributed by atoms with Crippen LogP contribution in [0.3, 0.4) is 0 Å². The van der Waals surface area contributed by atoms with Gasteiger partial charge in [0.15, 0.2) is 0 Å². The molecule has 0 aromatic carbocycles. The lowest BCUT2D eigenvalue weighted by molar-refractivity contribution is -0.140. The SMILES string of the molecule is NCC1CCCCC1C(=O)N1CCn2ccnc2C1. The molecule has 1 aliphatic heterocycles. The second-order valence-corrected chi connectivity index (χ2v) is 5.68. The number of fused-ring (bicyclic) bond motifs is 1. The van der Waals surface area contributed by atoms with Crippen molar-refractivity contribution in [2.45, 2.75) is 38.8 Å². The molecule has 0 spiro atoms. The zero-order chi connectivity index (χ0) is 13.2. The smallest absolute Gasteiger partial charge is 0.226 e. The standard InChI is InChI=1S/C14H22N4O/c15-9-11-3-1-2-4-12(11)14(19)18-8-7-17-6-5-16-13(17)10-18/h5-6,11-12H,1-4,7-10,15H2. The lowest BCUT2D eigenvalue weighted by Crippen LogP contribution is -2.45. The Hall–Kier alpha value is -1.36. The summed E-state index contributed by atoms with van der Waals surface area (Å²) in [5, 5.41) is 0. The molecule has 0 radical (unpaired) electrons. The van der Waals surface area contributed by atoms with Gasteiger partial charge < -0.3 is 15.2 Å². The maximum Gasteiger partial charge on any atom is 0.226 e. The first kappa shape index (κ1) is 12.7. The van der Waals surface area contributed by atoms with Crippen LogP contribution in [0, 0.1) is 11.8 Å². The van der Waals surface area contributed by atoms with Crippen LogP contribution in [0.1, 0.15) is 31.5 Å². The van der Waals surface area contributed by atoms with Crippen LogP contribution in [-0.4, -0.2) is 33.4 Å². The molecule has 1 aromatic heterocycles. The third-order valence-electron chi connectivity index (χ3n) is 4.59. The molecule has 1 aromatic rings. The highest BCUT2D eigenvalue weighted by Crippen LogP contribution is 2.31. The van der Waals surface area contributed by atoms with Gasteiger partial charge in [0.25, 0.3) is 0 Å². The number of carbonyl (C=O) groups excluding carboxylic acids is 1. The second kappa shape index (κ2) is 5.33. The van der Waals surface area contributed by atoms with Gasteiger partial charge in [0.1, 0.15) is 5.82 Å². The van der Waals surface area contributed by atoms with Gasteiger partial charge >= 0.3 is 0 Å². The maximum atomic E-state index is 12.7. The van der Waals surface area contributed by atoms with Crippen LogP contribution in [0.25, 0.3) is 0 Å². The first-order valence-corrected chi connectivity index (χ1v) is 7.28. The van der Waals surface area contributed by atoms with Crippen molar-refractivity contribution in [3.8, 4) is 0 Å². The molecular formula is C14H22N4O. The normalized spacial score (nSPS) is 27.1. The van der Waals surface area contributed by atoms with E-state index in [1.54, 1.807) is 0 Å². The van der Waals surface area contributed by atoms with Crippen molar-refractivity contribution in [1.29, 1.82) is 0 Å². The highest BCUT2D eigenvalue weighted by molar-refractivity contribution is 5.79. The Balaban J connectivity index is 1.70. The summed E-state index contributed by atoms with van der Waals surface area (Å²) in [5.41, 5.74) is 5.83. The number of aromatic nitrogens is 2. The van der Waals surface area contributed by atoms with E-state index in [1.165, 1.54) is 6.42 Å². The predicted molar refractivity (Wildman–Crippen MR) is 72.1 cm³/mol. The molecule has 5 heteroatoms. The molecule has 2 atom stereocenters. The topological polar surface area (TPSA) is 64.2 Å². The summed E-state index contributed by atoms with van der Waals surface area (Å²) in [6, 6.07) is 0. The molecule has 5 nitrogen and oxygen atoms in total. The molecule has 0 saturated heterocycles. The molecule has 3 rings (SSSR count). The Morgan fingerprint density at radius 2 is 2.21 bits per heavy atom. The minimum Gasteiger partial charge on any atom is -0.333 e. The van der Waals surface area contributed by atoms with Crippen molar-refractivity contribution in [3.63, 3.8) is 0 Å². The number of nitrogens with zero attached hydrogens (tertiary/aromatic N) is 3. The molecule has 2 aliphatic rings. The van der Waals surface area contributed by atoms with E-state index in [2.05, 4.69) is 9.55 Å². The van der Waals surface area contributed by atoms with Gasteiger partial charge in [-0.05, 0) is 25.3 Å². The molecule has 2 N–H and O–H groups in total. The molecule has 1 aliphatic carbocycles. The van der Waals surface area contributed by atoms with E-state index in [-0.39, 0.29) is 5.92 Å². The molecule has 19 heavy (non-hydrogen) atoms. The quantitative estimate of drug-likeness (QED) is 0.864. The average Bonchev–Trinajstić information content (AvgIpc) is 2.93. The number of hydrogen-bond acceptors (Lipinski definition) is 3. The minimum absolute atomic E-state index is 0.139. The third kappa shape index (κ3) is 2.39. The van der Waals surface area contributed by atoms with E-state index in [0.717, 1.165) is 38.2 Å². The summed E-state index contributed by atoms with van der Waals surface area (Å²) in [6.45, 7) is 2.95. The highest BCUT2D eigenvalue weighted by Gasteiger charge is 2.34. The summed E-state index contributed by atoms with van der Waals surface area (Å²) in [5.74, 6) is 1.81. The van der Waals surface area contributed by atoms with E-state index >= 15 is 0 Å². The fourth-order valence-corrected chi connectivity index (χ4v) is 3.41. The van der Waals surface area contributed by atoms with Crippen molar-refractivity contribution in [2.75, 3.05) is 13.1 Å². The van der Waals surface area contributed by atoms with E-state index in [4.69, 9.17) is 5.73 Å². The Morgan fingerprint density at radius 3 is 3.05 bits per heavy atom. The van der Waals surface area contributed by atoms with Crippen LogP contribution in [-0.2, 0) is 17.9 Å². The molecule has 0 bridgehead atoms. The van der Waals surface area contributed by atoms with Crippen molar-refractivity contribution < 1.29 is 4.79 Å². The van der Waals surface area contributed by atoms with E-state index in [9.17, 15) is 4.79 Å². The fraction of sp³-hybridized carbons (Fsp3) is 0.714. The van der Waals surface area contributed by atoms with E-state index < -0.39 is 0 Å². The van der Waals surface area contributed by atoms with Gasteiger partial charge in [0.05, 0.1) is 6.54 Å². The molecule has 1 amide bonds. The average molecular weight is 262 g/mol. The summed E-state index contributed by atoms with van der Waals surface area (Å²) in [4.78, 5) is 19.0. The molecule has 1 fully saturated rings. The van der Waals surface area contributed by atoms with E-state index in [1.807, 2.05) is 17.3 Å². The van der Waals surface area contributed by atoms with Crippen LogP contribution in [0.4, 0.5) is 0 Å². The predicted octanol–water partition coefficient (Wildman–Crippen LogP) is 0.990. The van der Waals surface area contributed by atoms with Gasteiger partial charge in [0, 0.05) is 31.4 Å². The van der Waals surface area contributed by atoms with Crippen molar-refractivity contribution in [2.24, 2.45) is 17.6 Å². The lowest BCUT2D eigenvalue weighted by atomic mass is 9.78. The molecular weight excluding hydrogens is 240 g/mol. The van der Waals surface area contributed by atoms with Crippen molar-refractivity contribution >= 4 is 5.91 Å². The lowest BCUT2D eigenvalue weighted by Gasteiger charge is -2.36. The monoisotopic (exact) mass is 262 g/mol. The number of imidazole rings is 1. The third-order valence-corrected chi connectivity index (χ3v) is 4.59. The zero-order valence-electron chi connectivity index (χ0n) is 11.3. The summed E-state index contributed by atoms with van der Waals surface area (Å²) in [6.07, 6.45) is 8.29. The number of amides is 1. The Kier molecular flexibility index (Phi) is 3.55. The number of nitrogens with two attached hydrogens (primary N) is 1. The number of rotatable bonds is 2. The van der Waals surface area contributed by atoms with Crippen LogP contribution >= 0.6 is 0 Å². The first-order valence-electron chi connectivity index (χ1n) is 7.28. The highest BCUT2D eigenvalue weighted by atomic mass is 16.2. The van der Waals surface area contributed by atoms with Gasteiger partial charge in [-0.2, -0.15) is 0 Å². The first-order chi connectivity index (χ1) is 9.29. The molecule has 1 saturated carbocycles. The summed E-state index contributed by atoms with van der Waals surface area (Å²) >= 11 is 0. The number of carbonyl (C=O) groups is 1. The minimum atomic E-state index is 0.139. The molecule has 2 heterocycles. The summed E-state index contributed by atoms with van der Waals surface area (Å²) < 4.78 is 2.13. The van der Waals surface area contributed by atoms with Crippen molar-refractivity contribution in [3.05, 3.63) is 18.2 Å². The zero-order valence-corrected chi connectivity index (χ0v) is 11.3. The maximum absolute atomic E-state index is 12.7. The van der Waals surface area contributed by atoms with Gasteiger partial charge in [-0.25, -0.2) is 4.98 Å². The largest absolute Gasteiger partial charge is 0.333 e. The van der Waals surface area contributed by atoms with E-state index in [0.29, 0.717) is 24.9 Å². The molecule has 2 unspecified atom stereocenters. The number of hydrogen-bond donors (Lipinski definition) is 1. The van der Waals surface area contributed by atoms with Crippen LogP contribution < -0.4 is 5.73 Å².